The molecule has 112 valence electrons. The van der Waals surface area contributed by atoms with E-state index in [0.717, 1.165) is 42.2 Å². The lowest BCUT2D eigenvalue weighted by Crippen LogP contribution is -2.47. The van der Waals surface area contributed by atoms with Gasteiger partial charge in [-0.15, -0.1) is 11.3 Å². The van der Waals surface area contributed by atoms with Crippen molar-refractivity contribution in [3.8, 4) is 0 Å². The first-order valence-corrected chi connectivity index (χ1v) is 7.85. The number of rotatable bonds is 2. The summed E-state index contributed by atoms with van der Waals surface area (Å²) in [7, 11) is 0. The number of nitrogens with zero attached hydrogens (tertiary/aromatic N) is 6. The van der Waals surface area contributed by atoms with Gasteiger partial charge >= 0.3 is 0 Å². The summed E-state index contributed by atoms with van der Waals surface area (Å²) in [4.78, 5) is 22.1. The lowest BCUT2D eigenvalue weighted by Gasteiger charge is -2.35. The number of piperazine rings is 1. The largest absolute Gasteiger partial charge is 0.352 e. The topological polar surface area (TPSA) is 58.0 Å². The van der Waals surface area contributed by atoms with E-state index in [2.05, 4.69) is 35.8 Å². The highest BCUT2D eigenvalue weighted by Crippen LogP contribution is 2.27. The summed E-state index contributed by atoms with van der Waals surface area (Å²) in [6.45, 7) is 3.20. The molecule has 0 saturated carbocycles. The van der Waals surface area contributed by atoms with Gasteiger partial charge in [-0.2, -0.15) is 0 Å². The summed E-state index contributed by atoms with van der Waals surface area (Å²) >= 11 is 1.62. The Balaban J connectivity index is 1.52. The highest BCUT2D eigenvalue weighted by molar-refractivity contribution is 7.16. The van der Waals surface area contributed by atoms with Crippen LogP contribution in [-0.4, -0.2) is 46.1 Å². The first kappa shape index (κ1) is 13.3. The summed E-state index contributed by atoms with van der Waals surface area (Å²) in [5.74, 6) is 1.14. The Morgan fingerprint density at radius 2 is 1.68 bits per heavy atom. The van der Waals surface area contributed by atoms with Gasteiger partial charge in [-0.1, -0.05) is 0 Å². The Bertz CT molecular complexity index is 781. The van der Waals surface area contributed by atoms with Crippen molar-refractivity contribution >= 4 is 33.3 Å². The standard InChI is InChI=1S/C14H13FN6S/c15-10-7-16-14(17-8-10)21-4-2-20(3-5-21)12-11-1-6-22-13(11)19-9-18-12/h1,6-9H,2-5H2. The third-order valence-corrected chi connectivity index (χ3v) is 4.53. The fourth-order valence-corrected chi connectivity index (χ4v) is 3.34. The average molecular weight is 316 g/mol. The van der Waals surface area contributed by atoms with E-state index >= 15 is 0 Å². The van der Waals surface area contributed by atoms with Gasteiger partial charge in [0.15, 0.2) is 5.82 Å². The molecule has 22 heavy (non-hydrogen) atoms. The fourth-order valence-electron chi connectivity index (χ4n) is 2.62. The molecule has 3 aromatic heterocycles. The summed E-state index contributed by atoms with van der Waals surface area (Å²) < 4.78 is 12.9. The summed E-state index contributed by atoms with van der Waals surface area (Å²) in [6.07, 6.45) is 4.02. The summed E-state index contributed by atoms with van der Waals surface area (Å²) in [6, 6.07) is 2.06. The van der Waals surface area contributed by atoms with Crippen LogP contribution in [-0.2, 0) is 0 Å². The van der Waals surface area contributed by atoms with E-state index in [1.54, 1.807) is 17.7 Å². The number of hydrogen-bond acceptors (Lipinski definition) is 7. The van der Waals surface area contributed by atoms with Crippen molar-refractivity contribution in [1.29, 1.82) is 0 Å². The van der Waals surface area contributed by atoms with Crippen LogP contribution in [0.25, 0.3) is 10.2 Å². The number of hydrogen-bond donors (Lipinski definition) is 0. The SMILES string of the molecule is Fc1cnc(N2CCN(c3ncnc4sccc34)CC2)nc1. The molecular weight excluding hydrogens is 303 g/mol. The third kappa shape index (κ3) is 2.35. The van der Waals surface area contributed by atoms with Gasteiger partial charge in [0.2, 0.25) is 5.95 Å². The molecule has 0 aliphatic carbocycles. The second-order valence-corrected chi connectivity index (χ2v) is 5.91. The molecule has 0 spiro atoms. The van der Waals surface area contributed by atoms with Crippen molar-refractivity contribution in [2.75, 3.05) is 36.0 Å². The molecule has 0 N–H and O–H groups in total. The molecule has 4 rings (SSSR count). The smallest absolute Gasteiger partial charge is 0.225 e. The van der Waals surface area contributed by atoms with Crippen LogP contribution >= 0.6 is 11.3 Å². The molecule has 4 heterocycles. The Morgan fingerprint density at radius 1 is 0.955 bits per heavy atom. The van der Waals surface area contributed by atoms with Gasteiger partial charge in [0.1, 0.15) is 17.0 Å². The number of anilines is 2. The third-order valence-electron chi connectivity index (χ3n) is 3.71. The van der Waals surface area contributed by atoms with Crippen LogP contribution in [0.5, 0.6) is 0 Å². The Kier molecular flexibility index (Phi) is 3.30. The van der Waals surface area contributed by atoms with E-state index in [0.29, 0.717) is 5.95 Å². The monoisotopic (exact) mass is 316 g/mol. The van der Waals surface area contributed by atoms with Gasteiger partial charge in [0.25, 0.3) is 0 Å². The van der Waals surface area contributed by atoms with Crippen molar-refractivity contribution in [3.63, 3.8) is 0 Å². The van der Waals surface area contributed by atoms with Crippen LogP contribution in [0.1, 0.15) is 0 Å². The molecule has 1 aliphatic rings. The minimum absolute atomic E-state index is 0.414. The summed E-state index contributed by atoms with van der Waals surface area (Å²) in [5.41, 5.74) is 0. The van der Waals surface area contributed by atoms with Gasteiger partial charge < -0.3 is 9.80 Å². The van der Waals surface area contributed by atoms with Crippen LogP contribution in [0.4, 0.5) is 16.2 Å². The minimum atomic E-state index is -0.414. The molecule has 0 amide bonds. The fraction of sp³-hybridized carbons (Fsp3) is 0.286. The second kappa shape index (κ2) is 5.45. The Labute approximate surface area is 130 Å². The molecule has 0 unspecified atom stereocenters. The van der Waals surface area contributed by atoms with E-state index in [-0.39, 0.29) is 0 Å². The van der Waals surface area contributed by atoms with Crippen LogP contribution in [0.3, 0.4) is 0 Å². The molecule has 3 aromatic rings. The molecule has 1 aliphatic heterocycles. The van der Waals surface area contributed by atoms with E-state index < -0.39 is 5.82 Å². The Hall–Kier alpha value is -2.35. The predicted octanol–water partition coefficient (Wildman–Crippen LogP) is 1.95. The number of aromatic nitrogens is 4. The molecule has 0 aromatic carbocycles. The van der Waals surface area contributed by atoms with Crippen molar-refractivity contribution < 1.29 is 4.39 Å². The maximum Gasteiger partial charge on any atom is 0.225 e. The quantitative estimate of drug-likeness (QED) is 0.720. The van der Waals surface area contributed by atoms with Crippen molar-refractivity contribution in [3.05, 3.63) is 36.0 Å². The zero-order valence-electron chi connectivity index (χ0n) is 11.7. The molecular formula is C14H13FN6S. The van der Waals surface area contributed by atoms with Crippen LogP contribution < -0.4 is 9.80 Å². The van der Waals surface area contributed by atoms with Gasteiger partial charge in [0, 0.05) is 26.2 Å². The lowest BCUT2D eigenvalue weighted by molar-refractivity contribution is 0.602. The van der Waals surface area contributed by atoms with Crippen LogP contribution in [0.15, 0.2) is 30.2 Å². The van der Waals surface area contributed by atoms with Gasteiger partial charge in [-0.05, 0) is 11.4 Å². The van der Waals surface area contributed by atoms with E-state index in [1.165, 1.54) is 12.4 Å². The minimum Gasteiger partial charge on any atom is -0.352 e. The second-order valence-electron chi connectivity index (χ2n) is 5.01. The molecule has 0 radical (unpaired) electrons. The zero-order valence-corrected chi connectivity index (χ0v) is 12.5. The van der Waals surface area contributed by atoms with E-state index in [1.807, 2.05) is 5.38 Å². The maximum absolute atomic E-state index is 12.9. The van der Waals surface area contributed by atoms with Gasteiger partial charge in [0.05, 0.1) is 17.8 Å². The van der Waals surface area contributed by atoms with Crippen LogP contribution in [0.2, 0.25) is 0 Å². The van der Waals surface area contributed by atoms with Crippen molar-refractivity contribution in [2.24, 2.45) is 0 Å². The van der Waals surface area contributed by atoms with E-state index in [4.69, 9.17) is 0 Å². The Morgan fingerprint density at radius 3 is 2.45 bits per heavy atom. The van der Waals surface area contributed by atoms with Gasteiger partial charge in [-0.25, -0.2) is 24.3 Å². The van der Waals surface area contributed by atoms with Crippen molar-refractivity contribution in [1.82, 2.24) is 19.9 Å². The number of halogens is 1. The molecule has 1 fully saturated rings. The maximum atomic E-state index is 12.9. The molecule has 1 saturated heterocycles. The van der Waals surface area contributed by atoms with Crippen molar-refractivity contribution in [2.45, 2.75) is 0 Å². The first-order chi connectivity index (χ1) is 10.8. The normalized spacial score (nSPS) is 15.5. The number of fused-ring (bicyclic) bond motifs is 1. The highest BCUT2D eigenvalue weighted by Gasteiger charge is 2.21. The predicted molar refractivity (Wildman–Crippen MR) is 83.8 cm³/mol. The molecule has 8 heteroatoms. The first-order valence-electron chi connectivity index (χ1n) is 6.97. The van der Waals surface area contributed by atoms with Crippen LogP contribution in [0, 0.1) is 5.82 Å². The zero-order chi connectivity index (χ0) is 14.9. The molecule has 0 bridgehead atoms. The van der Waals surface area contributed by atoms with E-state index in [9.17, 15) is 4.39 Å². The number of thiophene rings is 1. The average Bonchev–Trinajstić information content (AvgIpc) is 3.04. The highest BCUT2D eigenvalue weighted by atomic mass is 32.1. The molecule has 0 atom stereocenters. The summed E-state index contributed by atoms with van der Waals surface area (Å²) in [5, 5.41) is 3.13. The van der Waals surface area contributed by atoms with Gasteiger partial charge in [-0.3, -0.25) is 0 Å². The lowest BCUT2D eigenvalue weighted by atomic mass is 10.3. The molecule has 6 nitrogen and oxygen atoms in total.